The number of benzene rings is 1. The van der Waals surface area contributed by atoms with Crippen LogP contribution < -0.4 is 5.46 Å². The quantitative estimate of drug-likeness (QED) is 0.577. The van der Waals surface area contributed by atoms with E-state index < -0.39 is 7.12 Å². The molecule has 0 aliphatic heterocycles. The van der Waals surface area contributed by atoms with Crippen LogP contribution in [0.1, 0.15) is 0 Å². The minimum Gasteiger partial charge on any atom is -0.423 e. The molecule has 2 nitrogen and oxygen atoms in total. The fourth-order valence-corrected chi connectivity index (χ4v) is 2.05. The maximum atomic E-state index is 9.00. The van der Waals surface area contributed by atoms with Crippen molar-refractivity contribution in [1.29, 1.82) is 0 Å². The molecule has 0 fully saturated rings. The van der Waals surface area contributed by atoms with E-state index in [2.05, 4.69) is 0 Å². The molecule has 0 aliphatic rings. The highest BCUT2D eigenvalue weighted by Crippen LogP contribution is 2.20. The molecule has 5 heteroatoms. The molecule has 13 heavy (non-hydrogen) atoms. The summed E-state index contributed by atoms with van der Waals surface area (Å²) in [5, 5.41) is 18.0. The molecule has 0 bridgehead atoms. The second kappa shape index (κ2) is 4.95. The van der Waals surface area contributed by atoms with E-state index >= 15 is 0 Å². The Morgan fingerprint density at radius 2 is 1.46 bits per heavy atom. The van der Waals surface area contributed by atoms with Gasteiger partial charge in [-0.15, -0.1) is 23.5 Å². The lowest BCUT2D eigenvalue weighted by atomic mass is 9.80. The molecule has 0 unspecified atom stereocenters. The van der Waals surface area contributed by atoms with E-state index in [-0.39, 0.29) is 0 Å². The van der Waals surface area contributed by atoms with E-state index in [9.17, 15) is 0 Å². The zero-order valence-corrected chi connectivity index (χ0v) is 9.15. The van der Waals surface area contributed by atoms with Gasteiger partial charge in [-0.3, -0.25) is 0 Å². The minimum absolute atomic E-state index is 0.552. The molecular formula is C8H11BO2S2. The van der Waals surface area contributed by atoms with Crippen molar-refractivity contribution in [2.24, 2.45) is 0 Å². The first kappa shape index (κ1) is 11.0. The molecular weight excluding hydrogens is 203 g/mol. The summed E-state index contributed by atoms with van der Waals surface area (Å²) in [5.74, 6) is 0. The van der Waals surface area contributed by atoms with Crippen molar-refractivity contribution < 1.29 is 10.0 Å². The van der Waals surface area contributed by atoms with Gasteiger partial charge in [-0.2, -0.15) is 0 Å². The third-order valence-electron chi connectivity index (χ3n) is 1.67. The maximum absolute atomic E-state index is 9.00. The van der Waals surface area contributed by atoms with Crippen molar-refractivity contribution in [3.05, 3.63) is 18.2 Å². The van der Waals surface area contributed by atoms with Crippen LogP contribution in [0.3, 0.4) is 0 Å². The first-order valence-electron chi connectivity index (χ1n) is 3.76. The molecule has 0 heterocycles. The molecule has 2 N–H and O–H groups in total. The molecule has 0 atom stereocenters. The predicted octanol–water partition coefficient (Wildman–Crippen LogP) is 0.810. The van der Waals surface area contributed by atoms with E-state index in [0.29, 0.717) is 5.46 Å². The summed E-state index contributed by atoms with van der Waals surface area (Å²) in [5.41, 5.74) is 0.552. The molecule has 1 aromatic rings. The summed E-state index contributed by atoms with van der Waals surface area (Å²) in [6, 6.07) is 5.60. The summed E-state index contributed by atoms with van der Waals surface area (Å²) >= 11 is 3.19. The number of rotatable bonds is 3. The Hall–Kier alpha value is -0.0951. The summed E-state index contributed by atoms with van der Waals surface area (Å²) < 4.78 is 0. The van der Waals surface area contributed by atoms with Crippen LogP contribution in [0.25, 0.3) is 0 Å². The average Bonchev–Trinajstić information content (AvgIpc) is 2.16. The number of hydrogen-bond donors (Lipinski definition) is 2. The number of hydrogen-bond acceptors (Lipinski definition) is 4. The molecule has 70 valence electrons. The van der Waals surface area contributed by atoms with Crippen LogP contribution in [0.5, 0.6) is 0 Å². The third-order valence-corrected chi connectivity index (χ3v) is 3.09. The van der Waals surface area contributed by atoms with Crippen LogP contribution in [0.2, 0.25) is 0 Å². The number of thioether (sulfide) groups is 2. The van der Waals surface area contributed by atoms with Crippen molar-refractivity contribution >= 4 is 36.1 Å². The van der Waals surface area contributed by atoms with Gasteiger partial charge in [0.15, 0.2) is 0 Å². The van der Waals surface area contributed by atoms with Gasteiger partial charge in [0.2, 0.25) is 0 Å². The summed E-state index contributed by atoms with van der Waals surface area (Å²) in [7, 11) is -1.38. The van der Waals surface area contributed by atoms with Crippen molar-refractivity contribution in [3.63, 3.8) is 0 Å². The van der Waals surface area contributed by atoms with E-state index in [1.54, 1.807) is 35.7 Å². The molecule has 1 aromatic carbocycles. The zero-order valence-electron chi connectivity index (χ0n) is 7.52. The van der Waals surface area contributed by atoms with Crippen LogP contribution in [0.4, 0.5) is 0 Å². The van der Waals surface area contributed by atoms with Gasteiger partial charge in [-0.1, -0.05) is 0 Å². The summed E-state index contributed by atoms with van der Waals surface area (Å²) in [4.78, 5) is 2.10. The molecule has 0 aromatic heterocycles. The molecule has 0 saturated carbocycles. The Balaban J connectivity index is 3.07. The Morgan fingerprint density at radius 1 is 1.00 bits per heavy atom. The monoisotopic (exact) mass is 214 g/mol. The van der Waals surface area contributed by atoms with Crippen LogP contribution in [0, 0.1) is 0 Å². The fraction of sp³-hybridized carbons (Fsp3) is 0.250. The standard InChI is InChI=1S/C8H11BO2S2/c1-12-7-3-6(9(10)11)4-8(5-7)13-2/h3-5,10-11H,1-2H3. The minimum atomic E-state index is -1.38. The molecule has 1 rings (SSSR count). The first-order valence-corrected chi connectivity index (χ1v) is 6.21. The average molecular weight is 214 g/mol. The maximum Gasteiger partial charge on any atom is 0.488 e. The van der Waals surface area contributed by atoms with E-state index in [0.717, 1.165) is 9.79 Å². The van der Waals surface area contributed by atoms with Gasteiger partial charge >= 0.3 is 7.12 Å². The van der Waals surface area contributed by atoms with Crippen molar-refractivity contribution in [2.45, 2.75) is 9.79 Å². The molecule has 0 amide bonds. The lowest BCUT2D eigenvalue weighted by Crippen LogP contribution is -2.29. The Labute approximate surface area is 86.9 Å². The second-order valence-corrected chi connectivity index (χ2v) is 4.28. The normalized spacial score (nSPS) is 10.2. The van der Waals surface area contributed by atoms with Crippen molar-refractivity contribution in [3.8, 4) is 0 Å². The second-order valence-electron chi connectivity index (χ2n) is 2.52. The van der Waals surface area contributed by atoms with E-state index in [1.807, 2.05) is 18.6 Å². The molecule has 0 aliphatic carbocycles. The van der Waals surface area contributed by atoms with Crippen LogP contribution >= 0.6 is 23.5 Å². The molecule has 0 spiro atoms. The van der Waals surface area contributed by atoms with Gasteiger partial charge < -0.3 is 10.0 Å². The lowest BCUT2D eigenvalue weighted by Gasteiger charge is -2.05. The topological polar surface area (TPSA) is 40.5 Å². The SMILES string of the molecule is CSc1cc(SC)cc(B(O)O)c1. The molecule has 0 saturated heterocycles. The summed E-state index contributed by atoms with van der Waals surface area (Å²) in [6.45, 7) is 0. The predicted molar refractivity (Wildman–Crippen MR) is 59.8 cm³/mol. The van der Waals surface area contributed by atoms with Crippen LogP contribution in [-0.2, 0) is 0 Å². The van der Waals surface area contributed by atoms with E-state index in [1.165, 1.54) is 0 Å². The lowest BCUT2D eigenvalue weighted by molar-refractivity contribution is 0.425. The molecule has 0 radical (unpaired) electrons. The Kier molecular flexibility index (Phi) is 4.19. The first-order chi connectivity index (χ1) is 6.17. The summed E-state index contributed by atoms with van der Waals surface area (Å²) in [6.07, 6.45) is 3.93. The van der Waals surface area contributed by atoms with Gasteiger partial charge in [-0.25, -0.2) is 0 Å². The third kappa shape index (κ3) is 2.95. The highest BCUT2D eigenvalue weighted by Gasteiger charge is 2.12. The van der Waals surface area contributed by atoms with Gasteiger partial charge in [0.1, 0.15) is 0 Å². The smallest absolute Gasteiger partial charge is 0.423 e. The Morgan fingerprint density at radius 3 is 1.77 bits per heavy atom. The van der Waals surface area contributed by atoms with Crippen molar-refractivity contribution in [1.82, 2.24) is 0 Å². The zero-order chi connectivity index (χ0) is 9.84. The van der Waals surface area contributed by atoms with Gasteiger partial charge in [0, 0.05) is 9.79 Å². The highest BCUT2D eigenvalue weighted by molar-refractivity contribution is 7.99. The van der Waals surface area contributed by atoms with E-state index in [4.69, 9.17) is 10.0 Å². The van der Waals surface area contributed by atoms with Crippen LogP contribution in [-0.4, -0.2) is 29.7 Å². The fourth-order valence-electron chi connectivity index (χ4n) is 0.979. The Bertz CT molecular complexity index is 269. The van der Waals surface area contributed by atoms with Gasteiger partial charge in [-0.05, 0) is 36.2 Å². The largest absolute Gasteiger partial charge is 0.488 e. The van der Waals surface area contributed by atoms with Crippen LogP contribution in [0.15, 0.2) is 28.0 Å². The van der Waals surface area contributed by atoms with Gasteiger partial charge in [0.25, 0.3) is 0 Å². The highest BCUT2D eigenvalue weighted by atomic mass is 32.2. The van der Waals surface area contributed by atoms with Crippen molar-refractivity contribution in [2.75, 3.05) is 12.5 Å². The van der Waals surface area contributed by atoms with Gasteiger partial charge in [0.05, 0.1) is 0 Å².